The molecule has 1 rings (SSSR count). The number of hydrazone groups is 1. The van der Waals surface area contributed by atoms with Gasteiger partial charge in [-0.25, -0.2) is 0 Å². The fourth-order valence-corrected chi connectivity index (χ4v) is 1.87. The van der Waals surface area contributed by atoms with E-state index < -0.39 is 0 Å². The number of thiophene rings is 1. The van der Waals surface area contributed by atoms with Crippen molar-refractivity contribution < 1.29 is 0 Å². The highest BCUT2D eigenvalue weighted by Gasteiger charge is 1.92. The third-order valence-electron chi connectivity index (χ3n) is 1.00. The Bertz CT molecular complexity index is 255. The second-order valence-corrected chi connectivity index (χ2v) is 4.12. The highest BCUT2D eigenvalue weighted by atomic mass is 79.9. The molecule has 60 valence electrons. The van der Waals surface area contributed by atoms with Gasteiger partial charge >= 0.3 is 0 Å². The van der Waals surface area contributed by atoms with Crippen molar-refractivity contribution in [3.63, 3.8) is 0 Å². The molecule has 0 amide bonds. The van der Waals surface area contributed by atoms with Gasteiger partial charge in [-0.3, -0.25) is 0 Å². The Morgan fingerprint density at radius 2 is 2.36 bits per heavy atom. The Morgan fingerprint density at radius 3 is 2.82 bits per heavy atom. The summed E-state index contributed by atoms with van der Waals surface area (Å²) in [5, 5.41) is 7.92. The van der Waals surface area contributed by atoms with Gasteiger partial charge in [-0.05, 0) is 22.0 Å². The molecule has 0 aliphatic rings. The zero-order valence-electron chi connectivity index (χ0n) is 6.41. The van der Waals surface area contributed by atoms with Crippen LogP contribution in [0.15, 0.2) is 21.0 Å². The van der Waals surface area contributed by atoms with Crippen LogP contribution >= 0.6 is 27.3 Å². The van der Waals surface area contributed by atoms with Crippen LogP contribution in [-0.2, 0) is 0 Å². The Kier molecular flexibility index (Phi) is 3.08. The van der Waals surface area contributed by atoms with Crippen LogP contribution in [-0.4, -0.2) is 25.3 Å². The van der Waals surface area contributed by atoms with Crippen molar-refractivity contribution >= 4 is 33.5 Å². The summed E-state index contributed by atoms with van der Waals surface area (Å²) in [5.74, 6) is 0. The second kappa shape index (κ2) is 3.88. The lowest BCUT2D eigenvalue weighted by molar-refractivity contribution is 0.440. The molecule has 0 fully saturated rings. The lowest BCUT2D eigenvalue weighted by Crippen LogP contribution is -2.01. The predicted molar refractivity (Wildman–Crippen MR) is 53.3 cm³/mol. The molecule has 0 radical (unpaired) electrons. The molecule has 1 aromatic rings. The Labute approximate surface area is 78.7 Å². The number of hydrogen-bond acceptors (Lipinski definition) is 3. The van der Waals surface area contributed by atoms with Crippen molar-refractivity contribution in [1.82, 2.24) is 5.01 Å². The van der Waals surface area contributed by atoms with E-state index >= 15 is 0 Å². The first-order chi connectivity index (χ1) is 5.18. The van der Waals surface area contributed by atoms with Crippen molar-refractivity contribution in [1.29, 1.82) is 0 Å². The minimum Gasteiger partial charge on any atom is -0.303 e. The van der Waals surface area contributed by atoms with Gasteiger partial charge < -0.3 is 5.01 Å². The van der Waals surface area contributed by atoms with E-state index in [2.05, 4.69) is 21.0 Å². The molecule has 0 spiro atoms. The van der Waals surface area contributed by atoms with E-state index in [1.54, 1.807) is 16.3 Å². The molecular formula is C7H9BrN2S. The maximum absolute atomic E-state index is 4.11. The summed E-state index contributed by atoms with van der Waals surface area (Å²) >= 11 is 5.04. The van der Waals surface area contributed by atoms with Crippen LogP contribution in [0.3, 0.4) is 0 Å². The number of halogens is 1. The van der Waals surface area contributed by atoms with Gasteiger partial charge in [-0.1, -0.05) is 0 Å². The minimum absolute atomic E-state index is 1.11. The van der Waals surface area contributed by atoms with E-state index in [4.69, 9.17) is 0 Å². The summed E-state index contributed by atoms with van der Waals surface area (Å²) in [7, 11) is 3.80. The fraction of sp³-hybridized carbons (Fsp3) is 0.286. The van der Waals surface area contributed by atoms with E-state index in [1.807, 2.05) is 31.8 Å². The zero-order chi connectivity index (χ0) is 8.27. The van der Waals surface area contributed by atoms with E-state index in [0.29, 0.717) is 0 Å². The maximum atomic E-state index is 4.11. The highest BCUT2D eigenvalue weighted by Crippen LogP contribution is 2.17. The molecule has 0 saturated heterocycles. The SMILES string of the molecule is CN(C)/N=C/c1cc(Br)cs1. The lowest BCUT2D eigenvalue weighted by Gasteiger charge is -2.00. The molecule has 1 heterocycles. The summed E-state index contributed by atoms with van der Waals surface area (Å²) in [6, 6.07) is 2.04. The fourth-order valence-electron chi connectivity index (χ4n) is 0.568. The Morgan fingerprint density at radius 1 is 1.64 bits per heavy atom. The van der Waals surface area contributed by atoms with Crippen LogP contribution in [0, 0.1) is 0 Å². The first-order valence-corrected chi connectivity index (χ1v) is 4.81. The van der Waals surface area contributed by atoms with Gasteiger partial charge in [0.2, 0.25) is 0 Å². The molecule has 0 bridgehead atoms. The Hall–Kier alpha value is -0.350. The first kappa shape index (κ1) is 8.74. The largest absolute Gasteiger partial charge is 0.303 e. The van der Waals surface area contributed by atoms with Crippen molar-refractivity contribution in [2.75, 3.05) is 14.1 Å². The van der Waals surface area contributed by atoms with E-state index in [9.17, 15) is 0 Å². The molecule has 11 heavy (non-hydrogen) atoms. The predicted octanol–water partition coefficient (Wildman–Crippen LogP) is 2.41. The monoisotopic (exact) mass is 232 g/mol. The van der Waals surface area contributed by atoms with Gasteiger partial charge in [0.25, 0.3) is 0 Å². The minimum atomic E-state index is 1.11. The molecule has 0 N–H and O–H groups in total. The van der Waals surface area contributed by atoms with Crippen LogP contribution < -0.4 is 0 Å². The van der Waals surface area contributed by atoms with Crippen LogP contribution in [0.1, 0.15) is 4.88 Å². The van der Waals surface area contributed by atoms with Gasteiger partial charge in [-0.2, -0.15) is 5.10 Å². The van der Waals surface area contributed by atoms with Crippen LogP contribution in [0.2, 0.25) is 0 Å². The molecule has 0 atom stereocenters. The van der Waals surface area contributed by atoms with Crippen LogP contribution in [0.5, 0.6) is 0 Å². The number of hydrogen-bond donors (Lipinski definition) is 0. The van der Waals surface area contributed by atoms with Gasteiger partial charge in [0.15, 0.2) is 0 Å². The molecule has 4 heteroatoms. The summed E-state index contributed by atoms with van der Waals surface area (Å²) in [4.78, 5) is 1.16. The third kappa shape index (κ3) is 3.03. The molecule has 0 aliphatic heterocycles. The topological polar surface area (TPSA) is 15.6 Å². The average Bonchev–Trinajstić information content (AvgIpc) is 2.31. The van der Waals surface area contributed by atoms with Crippen LogP contribution in [0.4, 0.5) is 0 Å². The summed E-state index contributed by atoms with van der Waals surface area (Å²) in [5.41, 5.74) is 0. The first-order valence-electron chi connectivity index (χ1n) is 3.14. The molecule has 1 aromatic heterocycles. The molecule has 2 nitrogen and oxygen atoms in total. The standard InChI is InChI=1S/C7H9BrN2S/c1-10(2)9-4-7-3-6(8)5-11-7/h3-5H,1-2H3/b9-4+. The smallest absolute Gasteiger partial charge is 0.0642 e. The molecular weight excluding hydrogens is 224 g/mol. The van der Waals surface area contributed by atoms with E-state index in [0.717, 1.165) is 9.35 Å². The third-order valence-corrected chi connectivity index (χ3v) is 2.63. The van der Waals surface area contributed by atoms with Crippen molar-refractivity contribution in [2.45, 2.75) is 0 Å². The van der Waals surface area contributed by atoms with E-state index in [1.165, 1.54) is 0 Å². The van der Waals surface area contributed by atoms with Gasteiger partial charge in [0.1, 0.15) is 0 Å². The van der Waals surface area contributed by atoms with Crippen LogP contribution in [0.25, 0.3) is 0 Å². The quantitative estimate of drug-likeness (QED) is 0.565. The normalized spacial score (nSPS) is 10.8. The number of nitrogens with zero attached hydrogens (tertiary/aromatic N) is 2. The zero-order valence-corrected chi connectivity index (χ0v) is 8.82. The van der Waals surface area contributed by atoms with E-state index in [-0.39, 0.29) is 0 Å². The maximum Gasteiger partial charge on any atom is 0.0642 e. The second-order valence-electron chi connectivity index (χ2n) is 2.26. The highest BCUT2D eigenvalue weighted by molar-refractivity contribution is 9.10. The molecule has 0 saturated carbocycles. The lowest BCUT2D eigenvalue weighted by atomic mass is 10.5. The molecule has 0 aromatic carbocycles. The van der Waals surface area contributed by atoms with Gasteiger partial charge in [-0.15, -0.1) is 11.3 Å². The molecule has 0 aliphatic carbocycles. The van der Waals surface area contributed by atoms with Crippen molar-refractivity contribution in [3.05, 3.63) is 20.8 Å². The molecule has 0 unspecified atom stereocenters. The summed E-state index contributed by atoms with van der Waals surface area (Å²) < 4.78 is 1.11. The van der Waals surface area contributed by atoms with Gasteiger partial charge in [0.05, 0.1) is 6.21 Å². The summed E-state index contributed by atoms with van der Waals surface area (Å²) in [6.07, 6.45) is 1.84. The van der Waals surface area contributed by atoms with Crippen molar-refractivity contribution in [3.8, 4) is 0 Å². The van der Waals surface area contributed by atoms with Crippen molar-refractivity contribution in [2.24, 2.45) is 5.10 Å². The van der Waals surface area contributed by atoms with Gasteiger partial charge in [0, 0.05) is 28.8 Å². The Balaban J connectivity index is 2.64. The average molecular weight is 233 g/mol. The summed E-state index contributed by atoms with van der Waals surface area (Å²) in [6.45, 7) is 0. The number of rotatable bonds is 2.